The lowest BCUT2D eigenvalue weighted by atomic mass is 9.99. The minimum absolute atomic E-state index is 0.291. The van der Waals surface area contributed by atoms with Gasteiger partial charge in [0.15, 0.2) is 28.9 Å². The molecule has 178 valence electrons. The van der Waals surface area contributed by atoms with Crippen LogP contribution in [0, 0.1) is 0 Å². The third-order valence-electron chi connectivity index (χ3n) is 4.47. The average molecular weight is 481 g/mol. The number of imidazole rings is 1. The Morgan fingerprint density at radius 1 is 0.939 bits per heavy atom. The third-order valence-corrected chi connectivity index (χ3v) is 5.59. The van der Waals surface area contributed by atoms with E-state index in [9.17, 15) is 19.2 Å². The summed E-state index contributed by atoms with van der Waals surface area (Å²) >= 11 is 1.09. The lowest BCUT2D eigenvalue weighted by Gasteiger charge is -2.43. The van der Waals surface area contributed by atoms with Crippen molar-refractivity contribution in [2.75, 3.05) is 6.61 Å². The van der Waals surface area contributed by atoms with E-state index in [1.165, 1.54) is 27.7 Å². The zero-order valence-electron chi connectivity index (χ0n) is 18.3. The first-order chi connectivity index (χ1) is 15.7. The number of rotatable bonds is 7. The van der Waals surface area contributed by atoms with Gasteiger partial charge in [0.1, 0.15) is 12.7 Å². The molecule has 0 aliphatic carbocycles. The molecule has 1 fully saturated rings. The summed E-state index contributed by atoms with van der Waals surface area (Å²) < 4.78 is 29.1. The quantitative estimate of drug-likeness (QED) is 0.409. The van der Waals surface area contributed by atoms with Gasteiger partial charge in [-0.2, -0.15) is 0 Å². The maximum Gasteiger partial charge on any atom is 0.303 e. The van der Waals surface area contributed by atoms with Crippen LogP contribution in [0.2, 0.25) is 0 Å². The second kappa shape index (κ2) is 10.6. The number of esters is 4. The molecule has 0 unspecified atom stereocenters. The Labute approximate surface area is 192 Å². The molecule has 5 atom stereocenters. The molecule has 3 rings (SSSR count). The van der Waals surface area contributed by atoms with Gasteiger partial charge in [0.25, 0.3) is 0 Å². The van der Waals surface area contributed by atoms with Gasteiger partial charge in [0.05, 0.1) is 17.9 Å². The summed E-state index contributed by atoms with van der Waals surface area (Å²) in [5.74, 6) is -2.62. The van der Waals surface area contributed by atoms with Crippen LogP contribution in [0.1, 0.15) is 27.7 Å². The Balaban J connectivity index is 2.00. The van der Waals surface area contributed by atoms with Crippen molar-refractivity contribution in [2.24, 2.45) is 0 Å². The maximum atomic E-state index is 11.9. The number of hydrogen-bond donors (Lipinski definition) is 0. The van der Waals surface area contributed by atoms with Crippen LogP contribution in [-0.4, -0.2) is 74.7 Å². The molecule has 2 aromatic rings. The molecule has 13 heteroatoms. The Morgan fingerprint density at radius 2 is 1.58 bits per heavy atom. The third kappa shape index (κ3) is 6.20. The first-order valence-electron chi connectivity index (χ1n) is 9.90. The van der Waals surface area contributed by atoms with Gasteiger partial charge in [-0.25, -0.2) is 4.98 Å². The fourth-order valence-corrected chi connectivity index (χ4v) is 4.44. The predicted molar refractivity (Wildman–Crippen MR) is 111 cm³/mol. The van der Waals surface area contributed by atoms with Crippen LogP contribution in [0.25, 0.3) is 5.52 Å². The van der Waals surface area contributed by atoms with Crippen LogP contribution in [0.4, 0.5) is 0 Å². The predicted octanol–water partition coefficient (Wildman–Crippen LogP) is 0.904. The van der Waals surface area contributed by atoms with E-state index in [1.54, 1.807) is 29.2 Å². The summed E-state index contributed by atoms with van der Waals surface area (Å²) in [5, 5.41) is 0.480. The van der Waals surface area contributed by atoms with Crippen molar-refractivity contribution >= 4 is 41.2 Å². The molecule has 1 saturated heterocycles. The van der Waals surface area contributed by atoms with E-state index >= 15 is 0 Å². The minimum atomic E-state index is -1.23. The van der Waals surface area contributed by atoms with Gasteiger partial charge in [0.2, 0.25) is 0 Å². The molecule has 0 spiro atoms. The highest BCUT2D eigenvalue weighted by Gasteiger charge is 2.52. The SMILES string of the molecule is CC(=O)OC[C@@H]1O[C@@H](Sc2ncc3cnccn23)[C@@H](OC(C)=O)[C@@H](OC(C)=O)[C@H]1OC(C)=O. The Bertz CT molecular complexity index is 1040. The Kier molecular flexibility index (Phi) is 7.87. The molecule has 0 N–H and O–H groups in total. The van der Waals surface area contributed by atoms with Crippen LogP contribution in [-0.2, 0) is 42.9 Å². The lowest BCUT2D eigenvalue weighted by Crippen LogP contribution is -2.61. The van der Waals surface area contributed by atoms with Crippen molar-refractivity contribution in [1.29, 1.82) is 0 Å². The van der Waals surface area contributed by atoms with Crippen LogP contribution >= 0.6 is 11.8 Å². The fourth-order valence-electron chi connectivity index (χ4n) is 3.30. The molecule has 3 heterocycles. The average Bonchev–Trinajstić information content (AvgIpc) is 3.13. The highest BCUT2D eigenvalue weighted by Crippen LogP contribution is 2.37. The van der Waals surface area contributed by atoms with Crippen molar-refractivity contribution < 1.29 is 42.9 Å². The molecule has 0 aromatic carbocycles. The minimum Gasteiger partial charge on any atom is -0.463 e. The molecular formula is C20H23N3O9S. The van der Waals surface area contributed by atoms with E-state index in [4.69, 9.17) is 23.7 Å². The number of thioether (sulfide) groups is 1. The van der Waals surface area contributed by atoms with E-state index in [-0.39, 0.29) is 6.61 Å². The summed E-state index contributed by atoms with van der Waals surface area (Å²) in [6, 6.07) is 0. The van der Waals surface area contributed by atoms with Gasteiger partial charge in [-0.3, -0.25) is 28.6 Å². The van der Waals surface area contributed by atoms with Crippen molar-refractivity contribution in [1.82, 2.24) is 14.4 Å². The van der Waals surface area contributed by atoms with Gasteiger partial charge in [-0.05, 0) is 0 Å². The second-order valence-electron chi connectivity index (χ2n) is 7.10. The summed E-state index contributed by atoms with van der Waals surface area (Å²) in [4.78, 5) is 55.3. The normalized spacial score (nSPS) is 24.7. The topological polar surface area (TPSA) is 145 Å². The monoisotopic (exact) mass is 481 g/mol. The van der Waals surface area contributed by atoms with E-state index in [0.29, 0.717) is 10.7 Å². The number of carbonyl (C=O) groups excluding carboxylic acids is 4. The highest BCUT2D eigenvalue weighted by molar-refractivity contribution is 7.99. The van der Waals surface area contributed by atoms with Gasteiger partial charge in [-0.1, -0.05) is 11.8 Å². The van der Waals surface area contributed by atoms with Crippen molar-refractivity contribution in [2.45, 2.75) is 62.7 Å². The number of aromatic nitrogens is 3. The van der Waals surface area contributed by atoms with E-state index in [2.05, 4.69) is 9.97 Å². The fraction of sp³-hybridized carbons (Fsp3) is 0.500. The number of ether oxygens (including phenoxy) is 5. The van der Waals surface area contributed by atoms with Crippen LogP contribution in [0.15, 0.2) is 29.9 Å². The van der Waals surface area contributed by atoms with Crippen LogP contribution in [0.3, 0.4) is 0 Å². The molecule has 1 aliphatic heterocycles. The van der Waals surface area contributed by atoms with Gasteiger partial charge in [-0.15, -0.1) is 0 Å². The van der Waals surface area contributed by atoms with Gasteiger partial charge >= 0.3 is 23.9 Å². The van der Waals surface area contributed by atoms with Crippen LogP contribution in [0.5, 0.6) is 0 Å². The Hall–Kier alpha value is -3.19. The molecule has 0 saturated carbocycles. The maximum absolute atomic E-state index is 11.9. The second-order valence-corrected chi connectivity index (χ2v) is 8.16. The summed E-state index contributed by atoms with van der Waals surface area (Å²) in [6.45, 7) is 4.45. The molecule has 2 aromatic heterocycles. The van der Waals surface area contributed by atoms with Crippen molar-refractivity contribution in [3.05, 3.63) is 24.8 Å². The lowest BCUT2D eigenvalue weighted by molar-refractivity contribution is -0.237. The molecule has 33 heavy (non-hydrogen) atoms. The molecule has 12 nitrogen and oxygen atoms in total. The van der Waals surface area contributed by atoms with E-state index in [0.717, 1.165) is 11.8 Å². The first kappa shape index (κ1) is 24.5. The number of carbonyl (C=O) groups is 4. The molecular weight excluding hydrogens is 458 g/mol. The van der Waals surface area contributed by atoms with Crippen molar-refractivity contribution in [3.63, 3.8) is 0 Å². The molecule has 0 bridgehead atoms. The summed E-state index contributed by atoms with van der Waals surface area (Å²) in [7, 11) is 0. The number of fused-ring (bicyclic) bond motifs is 1. The smallest absolute Gasteiger partial charge is 0.303 e. The van der Waals surface area contributed by atoms with Gasteiger partial charge < -0.3 is 23.7 Å². The molecule has 0 amide bonds. The Morgan fingerprint density at radius 3 is 2.21 bits per heavy atom. The zero-order chi connectivity index (χ0) is 24.1. The summed E-state index contributed by atoms with van der Waals surface area (Å²) in [5.41, 5.74) is -0.241. The number of hydrogen-bond acceptors (Lipinski definition) is 12. The zero-order valence-corrected chi connectivity index (χ0v) is 19.1. The van der Waals surface area contributed by atoms with Gasteiger partial charge in [0, 0.05) is 40.1 Å². The molecule has 1 aliphatic rings. The first-order valence-corrected chi connectivity index (χ1v) is 10.8. The highest BCUT2D eigenvalue weighted by atomic mass is 32.2. The molecule has 0 radical (unpaired) electrons. The van der Waals surface area contributed by atoms with E-state index in [1.807, 2.05) is 0 Å². The summed E-state index contributed by atoms with van der Waals surface area (Å²) in [6.07, 6.45) is 1.87. The number of nitrogens with zero attached hydrogens (tertiary/aromatic N) is 3. The van der Waals surface area contributed by atoms with Crippen LogP contribution < -0.4 is 0 Å². The largest absolute Gasteiger partial charge is 0.463 e. The van der Waals surface area contributed by atoms with Crippen molar-refractivity contribution in [3.8, 4) is 0 Å². The standard InChI is InChI=1S/C20H23N3O9S/c1-10(24)28-9-15-16(29-11(2)25)17(30-12(3)26)18(31-13(4)27)19(32-15)33-20-22-8-14-7-21-5-6-23(14)20/h5-8,15-19H,9H2,1-4H3/t15-,16-,17-,18-,19-/m0/s1. The van der Waals surface area contributed by atoms with E-state index < -0.39 is 53.7 Å².